The van der Waals surface area contributed by atoms with Crippen molar-refractivity contribution >= 4 is 0 Å². The Morgan fingerprint density at radius 2 is 2.45 bits per heavy atom. The fourth-order valence-electron chi connectivity index (χ4n) is 1.43. The maximum Gasteiger partial charge on any atom is 0.0204 e. The number of piperidine rings is 1. The minimum atomic E-state index is 0.623. The van der Waals surface area contributed by atoms with E-state index in [1.807, 2.05) is 0 Å². The highest BCUT2D eigenvalue weighted by Crippen LogP contribution is 2.19. The fraction of sp³-hybridized carbons (Fsp3) is 0.600. The van der Waals surface area contributed by atoms with Gasteiger partial charge < -0.3 is 5.32 Å². The molecule has 1 heterocycles. The summed E-state index contributed by atoms with van der Waals surface area (Å²) in [7, 11) is 0. The second-order valence-corrected chi connectivity index (χ2v) is 3.23. The predicted molar refractivity (Wildman–Crippen MR) is 49.6 cm³/mol. The topological polar surface area (TPSA) is 12.0 Å². The summed E-state index contributed by atoms with van der Waals surface area (Å²) in [6.45, 7) is 9.37. The number of nitrogens with one attached hydrogen (secondary N) is 1. The molecule has 0 aromatic rings. The van der Waals surface area contributed by atoms with Gasteiger partial charge in [0.25, 0.3) is 0 Å². The zero-order valence-electron chi connectivity index (χ0n) is 7.48. The van der Waals surface area contributed by atoms with Crippen molar-refractivity contribution in [2.45, 2.75) is 32.7 Å². The van der Waals surface area contributed by atoms with E-state index in [9.17, 15) is 0 Å². The van der Waals surface area contributed by atoms with E-state index in [0.29, 0.717) is 6.04 Å². The number of hydrogen-bond donors (Lipinski definition) is 1. The molecule has 1 nitrogen and oxygen atoms in total. The molecular weight excluding hydrogens is 134 g/mol. The normalized spacial score (nSPS) is 29.5. The highest BCUT2D eigenvalue weighted by atomic mass is 14.9. The molecule has 0 aromatic heterocycles. The van der Waals surface area contributed by atoms with Crippen LogP contribution >= 0.6 is 0 Å². The van der Waals surface area contributed by atoms with Crippen molar-refractivity contribution in [1.82, 2.24) is 5.32 Å². The van der Waals surface area contributed by atoms with E-state index in [2.05, 4.69) is 31.8 Å². The molecule has 11 heavy (non-hydrogen) atoms. The molecule has 0 aromatic carbocycles. The quantitative estimate of drug-likeness (QED) is 0.606. The molecule has 1 aliphatic rings. The Morgan fingerprint density at radius 1 is 1.73 bits per heavy atom. The zero-order valence-corrected chi connectivity index (χ0v) is 7.48. The summed E-state index contributed by atoms with van der Waals surface area (Å²) in [5.41, 5.74) is 2.73. The van der Waals surface area contributed by atoms with Gasteiger partial charge in [0.2, 0.25) is 0 Å². The molecule has 1 aliphatic heterocycles. The lowest BCUT2D eigenvalue weighted by atomic mass is 9.95. The average Bonchev–Trinajstić information content (AvgIpc) is 1.98. The molecule has 1 N–H and O–H groups in total. The van der Waals surface area contributed by atoms with Gasteiger partial charge in [0.15, 0.2) is 0 Å². The van der Waals surface area contributed by atoms with Crippen molar-refractivity contribution in [3.05, 3.63) is 23.8 Å². The second-order valence-electron chi connectivity index (χ2n) is 3.23. The van der Waals surface area contributed by atoms with Crippen LogP contribution in [-0.2, 0) is 0 Å². The van der Waals surface area contributed by atoms with Crippen molar-refractivity contribution < 1.29 is 0 Å². The predicted octanol–water partition coefficient (Wildman–Crippen LogP) is 2.26. The van der Waals surface area contributed by atoms with Crippen LogP contribution in [0, 0.1) is 0 Å². The number of allylic oxidation sites excluding steroid dienone is 1. The van der Waals surface area contributed by atoms with Crippen LogP contribution in [0.3, 0.4) is 0 Å². The van der Waals surface area contributed by atoms with Crippen LogP contribution in [0.1, 0.15) is 26.7 Å². The summed E-state index contributed by atoms with van der Waals surface area (Å²) in [4.78, 5) is 0. The van der Waals surface area contributed by atoms with E-state index in [0.717, 1.165) is 19.4 Å². The Labute approximate surface area is 69.2 Å². The van der Waals surface area contributed by atoms with E-state index in [-0.39, 0.29) is 0 Å². The van der Waals surface area contributed by atoms with Gasteiger partial charge in [-0.1, -0.05) is 19.6 Å². The first-order valence-corrected chi connectivity index (χ1v) is 4.34. The first-order valence-electron chi connectivity index (χ1n) is 4.34. The zero-order chi connectivity index (χ0) is 8.27. The van der Waals surface area contributed by atoms with Crippen molar-refractivity contribution in [2.75, 3.05) is 6.54 Å². The molecule has 1 unspecified atom stereocenters. The summed E-state index contributed by atoms with van der Waals surface area (Å²) >= 11 is 0. The molecule has 0 bridgehead atoms. The molecular formula is C10H17N. The highest BCUT2D eigenvalue weighted by Gasteiger charge is 2.13. The summed E-state index contributed by atoms with van der Waals surface area (Å²) < 4.78 is 0. The number of rotatable bonds is 1. The van der Waals surface area contributed by atoms with Gasteiger partial charge in [-0.25, -0.2) is 0 Å². The lowest BCUT2D eigenvalue weighted by Gasteiger charge is -2.24. The summed E-state index contributed by atoms with van der Waals surface area (Å²) in [6.07, 6.45) is 4.56. The van der Waals surface area contributed by atoms with Crippen LogP contribution in [-0.4, -0.2) is 12.6 Å². The molecule has 0 spiro atoms. The van der Waals surface area contributed by atoms with Crippen LogP contribution in [0.15, 0.2) is 23.8 Å². The van der Waals surface area contributed by atoms with Gasteiger partial charge >= 0.3 is 0 Å². The standard InChI is InChI=1S/C10H17N/c1-4-5-10-6-9(3)11-7-8(10)2/h5,9,11H,2,4,6-7H2,1,3H3/b10-5-. The van der Waals surface area contributed by atoms with Crippen LogP contribution < -0.4 is 5.32 Å². The molecule has 62 valence electrons. The lowest BCUT2D eigenvalue weighted by Crippen LogP contribution is -2.33. The Balaban J connectivity index is 2.61. The van der Waals surface area contributed by atoms with Crippen LogP contribution in [0.25, 0.3) is 0 Å². The van der Waals surface area contributed by atoms with Crippen LogP contribution in [0.2, 0.25) is 0 Å². The average molecular weight is 151 g/mol. The van der Waals surface area contributed by atoms with E-state index in [1.54, 1.807) is 0 Å². The van der Waals surface area contributed by atoms with Crippen molar-refractivity contribution in [3.8, 4) is 0 Å². The van der Waals surface area contributed by atoms with E-state index < -0.39 is 0 Å². The molecule has 1 atom stereocenters. The molecule has 0 saturated carbocycles. The molecule has 1 fully saturated rings. The fourth-order valence-corrected chi connectivity index (χ4v) is 1.43. The van der Waals surface area contributed by atoms with Gasteiger partial charge in [0, 0.05) is 12.6 Å². The van der Waals surface area contributed by atoms with Crippen molar-refractivity contribution in [1.29, 1.82) is 0 Å². The molecule has 1 heteroatoms. The molecule has 0 amide bonds. The molecule has 0 aliphatic carbocycles. The number of hydrogen-bond acceptors (Lipinski definition) is 1. The van der Waals surface area contributed by atoms with Crippen molar-refractivity contribution in [3.63, 3.8) is 0 Å². The Bertz CT molecular complexity index is 179. The summed E-state index contributed by atoms with van der Waals surface area (Å²) in [6, 6.07) is 0.623. The second kappa shape index (κ2) is 3.72. The summed E-state index contributed by atoms with van der Waals surface area (Å²) in [5, 5.41) is 3.38. The minimum absolute atomic E-state index is 0.623. The largest absolute Gasteiger partial charge is 0.310 e. The third-order valence-electron chi connectivity index (χ3n) is 2.09. The molecule has 1 rings (SSSR count). The highest BCUT2D eigenvalue weighted by molar-refractivity contribution is 5.32. The Morgan fingerprint density at radius 3 is 3.09 bits per heavy atom. The third-order valence-corrected chi connectivity index (χ3v) is 2.09. The third kappa shape index (κ3) is 2.19. The lowest BCUT2D eigenvalue weighted by molar-refractivity contribution is 0.540. The van der Waals surface area contributed by atoms with Crippen molar-refractivity contribution in [2.24, 2.45) is 0 Å². The Hall–Kier alpha value is -0.560. The SMILES string of the molecule is C=C1CNC(C)C/C1=C/CC. The Kier molecular flexibility index (Phi) is 2.89. The van der Waals surface area contributed by atoms with Gasteiger partial charge in [-0.05, 0) is 30.9 Å². The smallest absolute Gasteiger partial charge is 0.0204 e. The van der Waals surface area contributed by atoms with E-state index in [1.165, 1.54) is 11.1 Å². The van der Waals surface area contributed by atoms with E-state index >= 15 is 0 Å². The van der Waals surface area contributed by atoms with Gasteiger partial charge in [0.05, 0.1) is 0 Å². The van der Waals surface area contributed by atoms with Crippen LogP contribution in [0.5, 0.6) is 0 Å². The maximum atomic E-state index is 4.02. The molecule has 1 saturated heterocycles. The summed E-state index contributed by atoms with van der Waals surface area (Å²) in [5.74, 6) is 0. The van der Waals surface area contributed by atoms with Crippen LogP contribution in [0.4, 0.5) is 0 Å². The van der Waals surface area contributed by atoms with Gasteiger partial charge in [-0.3, -0.25) is 0 Å². The van der Waals surface area contributed by atoms with Gasteiger partial charge in [0.1, 0.15) is 0 Å². The first-order chi connectivity index (χ1) is 5.24. The maximum absolute atomic E-state index is 4.02. The van der Waals surface area contributed by atoms with Gasteiger partial charge in [-0.2, -0.15) is 0 Å². The minimum Gasteiger partial charge on any atom is -0.310 e. The first kappa shape index (κ1) is 8.54. The van der Waals surface area contributed by atoms with Gasteiger partial charge in [-0.15, -0.1) is 0 Å². The van der Waals surface area contributed by atoms with E-state index in [4.69, 9.17) is 0 Å². The monoisotopic (exact) mass is 151 g/mol. The molecule has 0 radical (unpaired) electrons.